The summed E-state index contributed by atoms with van der Waals surface area (Å²) in [6, 6.07) is 7.13. The van der Waals surface area contributed by atoms with Gasteiger partial charge in [-0.15, -0.1) is 0 Å². The number of nitrogens with one attached hydrogen (secondary N) is 1. The minimum Gasteiger partial charge on any atom is -0.310 e. The van der Waals surface area contributed by atoms with Crippen LogP contribution in [0.1, 0.15) is 62.6 Å². The second-order valence-electron chi connectivity index (χ2n) is 5.83. The fourth-order valence-electron chi connectivity index (χ4n) is 3.26. The highest BCUT2D eigenvalue weighted by atomic mass is 79.9. The SMILES string of the molecule is CCNC(CC1CCCCC1)c1cccc(C)c1Br. The van der Waals surface area contributed by atoms with Gasteiger partial charge < -0.3 is 5.32 Å². The van der Waals surface area contributed by atoms with Crippen LogP contribution in [0.5, 0.6) is 0 Å². The molecule has 0 saturated heterocycles. The lowest BCUT2D eigenvalue weighted by molar-refractivity contribution is 0.301. The molecule has 1 aliphatic rings. The molecule has 2 heteroatoms. The first-order valence-corrected chi connectivity index (χ1v) is 8.50. The van der Waals surface area contributed by atoms with Gasteiger partial charge in [0.05, 0.1) is 0 Å². The molecule has 1 nitrogen and oxygen atoms in total. The Labute approximate surface area is 126 Å². The van der Waals surface area contributed by atoms with E-state index in [1.54, 1.807) is 0 Å². The summed E-state index contributed by atoms with van der Waals surface area (Å²) in [4.78, 5) is 0. The summed E-state index contributed by atoms with van der Waals surface area (Å²) in [5, 5.41) is 3.68. The fraction of sp³-hybridized carbons (Fsp3) is 0.647. The molecule has 0 amide bonds. The minimum absolute atomic E-state index is 0.502. The maximum atomic E-state index is 3.78. The van der Waals surface area contributed by atoms with Crippen molar-refractivity contribution in [1.29, 1.82) is 0 Å². The number of rotatable bonds is 5. The van der Waals surface area contributed by atoms with Gasteiger partial charge in [0.15, 0.2) is 0 Å². The zero-order valence-corrected chi connectivity index (χ0v) is 13.8. The maximum absolute atomic E-state index is 3.78. The molecule has 0 bridgehead atoms. The van der Waals surface area contributed by atoms with E-state index in [1.165, 1.54) is 54.1 Å². The molecule has 106 valence electrons. The average molecular weight is 324 g/mol. The quantitative estimate of drug-likeness (QED) is 0.767. The van der Waals surface area contributed by atoms with Crippen LogP contribution in [0.15, 0.2) is 22.7 Å². The van der Waals surface area contributed by atoms with Crippen molar-refractivity contribution in [1.82, 2.24) is 5.32 Å². The van der Waals surface area contributed by atoms with Gasteiger partial charge in [-0.3, -0.25) is 0 Å². The fourth-order valence-corrected chi connectivity index (χ4v) is 3.80. The lowest BCUT2D eigenvalue weighted by Crippen LogP contribution is -2.24. The summed E-state index contributed by atoms with van der Waals surface area (Å²) in [5.74, 6) is 0.908. The highest BCUT2D eigenvalue weighted by Gasteiger charge is 2.21. The molecule has 1 saturated carbocycles. The van der Waals surface area contributed by atoms with Crippen LogP contribution in [0, 0.1) is 12.8 Å². The van der Waals surface area contributed by atoms with Crippen molar-refractivity contribution in [3.05, 3.63) is 33.8 Å². The van der Waals surface area contributed by atoms with Gasteiger partial charge in [-0.2, -0.15) is 0 Å². The Hall–Kier alpha value is -0.340. The highest BCUT2D eigenvalue weighted by molar-refractivity contribution is 9.10. The van der Waals surface area contributed by atoms with E-state index in [0.29, 0.717) is 6.04 Å². The standard InChI is InChI=1S/C17H26BrN/c1-3-19-16(12-14-9-5-4-6-10-14)15-11-7-8-13(2)17(15)18/h7-8,11,14,16,19H,3-6,9-10,12H2,1-2H3. The molecule has 2 rings (SSSR count). The van der Waals surface area contributed by atoms with Crippen LogP contribution in [0.2, 0.25) is 0 Å². The lowest BCUT2D eigenvalue weighted by atomic mass is 9.83. The van der Waals surface area contributed by atoms with Crippen molar-refractivity contribution >= 4 is 15.9 Å². The molecule has 1 N–H and O–H groups in total. The summed E-state index contributed by atoms with van der Waals surface area (Å²) < 4.78 is 1.29. The predicted molar refractivity (Wildman–Crippen MR) is 86.5 cm³/mol. The Balaban J connectivity index is 2.11. The summed E-state index contributed by atoms with van der Waals surface area (Å²) in [6.07, 6.45) is 8.43. The molecule has 1 aromatic rings. The largest absolute Gasteiger partial charge is 0.310 e. The molecule has 1 fully saturated rings. The van der Waals surface area contributed by atoms with Gasteiger partial charge in [0, 0.05) is 10.5 Å². The number of aryl methyl sites for hydroxylation is 1. The van der Waals surface area contributed by atoms with Gasteiger partial charge >= 0.3 is 0 Å². The Kier molecular flexibility index (Phi) is 5.90. The summed E-state index contributed by atoms with van der Waals surface area (Å²) in [6.45, 7) is 5.42. The van der Waals surface area contributed by atoms with E-state index < -0.39 is 0 Å². The van der Waals surface area contributed by atoms with Crippen molar-refractivity contribution < 1.29 is 0 Å². The normalized spacial score (nSPS) is 18.5. The summed E-state index contributed by atoms with van der Waals surface area (Å²) in [5.41, 5.74) is 2.77. The van der Waals surface area contributed by atoms with Crippen LogP contribution >= 0.6 is 15.9 Å². The Morgan fingerprint density at radius 1 is 1.26 bits per heavy atom. The molecule has 19 heavy (non-hydrogen) atoms. The number of benzene rings is 1. The van der Waals surface area contributed by atoms with Crippen molar-refractivity contribution in [3.63, 3.8) is 0 Å². The molecular formula is C17H26BrN. The molecule has 0 aromatic heterocycles. The van der Waals surface area contributed by atoms with E-state index >= 15 is 0 Å². The Bertz CT molecular complexity index is 396. The summed E-state index contributed by atoms with van der Waals surface area (Å²) in [7, 11) is 0. The molecule has 1 atom stereocenters. The van der Waals surface area contributed by atoms with E-state index in [4.69, 9.17) is 0 Å². The molecule has 0 radical (unpaired) electrons. The van der Waals surface area contributed by atoms with Crippen molar-refractivity contribution in [2.75, 3.05) is 6.54 Å². The zero-order chi connectivity index (χ0) is 13.7. The minimum atomic E-state index is 0.502. The first kappa shape index (κ1) is 15.1. The maximum Gasteiger partial charge on any atom is 0.0334 e. The van der Waals surface area contributed by atoms with Crippen LogP contribution in [0.4, 0.5) is 0 Å². The second-order valence-corrected chi connectivity index (χ2v) is 6.62. The zero-order valence-electron chi connectivity index (χ0n) is 12.2. The van der Waals surface area contributed by atoms with E-state index in [2.05, 4.69) is 53.3 Å². The molecule has 1 aromatic carbocycles. The molecule has 0 heterocycles. The topological polar surface area (TPSA) is 12.0 Å². The van der Waals surface area contributed by atoms with E-state index in [0.717, 1.165) is 12.5 Å². The highest BCUT2D eigenvalue weighted by Crippen LogP contribution is 2.35. The third kappa shape index (κ3) is 4.06. The van der Waals surface area contributed by atoms with Gasteiger partial charge in [-0.25, -0.2) is 0 Å². The Morgan fingerprint density at radius 2 is 2.00 bits per heavy atom. The second kappa shape index (κ2) is 7.44. The predicted octanol–water partition coefficient (Wildman–Crippen LogP) is 5.38. The third-order valence-electron chi connectivity index (χ3n) is 4.34. The average Bonchev–Trinajstić information content (AvgIpc) is 2.43. The van der Waals surface area contributed by atoms with Crippen molar-refractivity contribution in [2.24, 2.45) is 5.92 Å². The smallest absolute Gasteiger partial charge is 0.0334 e. The van der Waals surface area contributed by atoms with Gasteiger partial charge in [0.1, 0.15) is 0 Å². The molecule has 1 aliphatic carbocycles. The third-order valence-corrected chi connectivity index (χ3v) is 5.42. The Morgan fingerprint density at radius 3 is 2.68 bits per heavy atom. The van der Waals surface area contributed by atoms with E-state index in [9.17, 15) is 0 Å². The first-order chi connectivity index (χ1) is 9.22. The number of halogens is 1. The van der Waals surface area contributed by atoms with E-state index in [-0.39, 0.29) is 0 Å². The van der Waals surface area contributed by atoms with E-state index in [1.807, 2.05) is 0 Å². The van der Waals surface area contributed by atoms with Crippen LogP contribution in [-0.4, -0.2) is 6.54 Å². The van der Waals surface area contributed by atoms with Gasteiger partial charge in [-0.1, -0.05) is 73.2 Å². The van der Waals surface area contributed by atoms with Crippen molar-refractivity contribution in [3.8, 4) is 0 Å². The van der Waals surface area contributed by atoms with Gasteiger partial charge in [0.25, 0.3) is 0 Å². The molecule has 1 unspecified atom stereocenters. The van der Waals surface area contributed by atoms with Crippen molar-refractivity contribution in [2.45, 2.75) is 58.4 Å². The molecular weight excluding hydrogens is 298 g/mol. The van der Waals surface area contributed by atoms with Gasteiger partial charge in [-0.05, 0) is 36.9 Å². The summed E-state index contributed by atoms with van der Waals surface area (Å²) >= 11 is 3.78. The first-order valence-electron chi connectivity index (χ1n) is 7.70. The molecule has 0 aliphatic heterocycles. The number of hydrogen-bond donors (Lipinski definition) is 1. The number of hydrogen-bond acceptors (Lipinski definition) is 1. The van der Waals surface area contributed by atoms with Crippen LogP contribution in [0.3, 0.4) is 0 Å². The van der Waals surface area contributed by atoms with Crippen LogP contribution in [0.25, 0.3) is 0 Å². The monoisotopic (exact) mass is 323 g/mol. The van der Waals surface area contributed by atoms with Gasteiger partial charge in [0.2, 0.25) is 0 Å². The van der Waals surface area contributed by atoms with Crippen LogP contribution in [-0.2, 0) is 0 Å². The van der Waals surface area contributed by atoms with Crippen LogP contribution < -0.4 is 5.32 Å². The lowest BCUT2D eigenvalue weighted by Gasteiger charge is -2.28. The molecule has 0 spiro atoms.